The maximum absolute atomic E-state index is 12.7. The largest absolute Gasteiger partial charge is 0.409 e. The molecule has 164 valence electrons. The van der Waals surface area contributed by atoms with Crippen molar-refractivity contribution in [1.29, 1.82) is 0 Å². The van der Waals surface area contributed by atoms with Crippen molar-refractivity contribution < 1.29 is 18.8 Å². The van der Waals surface area contributed by atoms with E-state index in [1.807, 2.05) is 0 Å². The number of nitrogens with one attached hydrogen (secondary N) is 1. The molecular formula is C20H35N3O5Si. The first-order chi connectivity index (χ1) is 13.4. The lowest BCUT2D eigenvalue weighted by Gasteiger charge is -2.40. The molecule has 2 rings (SSSR count). The number of anilines is 1. The van der Waals surface area contributed by atoms with Crippen LogP contribution in [-0.2, 0) is 18.8 Å². The second-order valence-electron chi connectivity index (χ2n) is 9.11. The van der Waals surface area contributed by atoms with Crippen molar-refractivity contribution in [3.8, 4) is 0 Å². The lowest BCUT2D eigenvalue weighted by atomic mass is 9.99. The summed E-state index contributed by atoms with van der Waals surface area (Å²) in [6.45, 7) is 16.8. The summed E-state index contributed by atoms with van der Waals surface area (Å²) in [6.07, 6.45) is 1.89. The van der Waals surface area contributed by atoms with Gasteiger partial charge in [-0.2, -0.15) is 4.98 Å². The maximum atomic E-state index is 12.7. The van der Waals surface area contributed by atoms with Crippen LogP contribution in [0.3, 0.4) is 0 Å². The van der Waals surface area contributed by atoms with Gasteiger partial charge in [0, 0.05) is 24.6 Å². The number of hydrogen-bond acceptors (Lipinski definition) is 7. The number of aromatic nitrogens is 2. The van der Waals surface area contributed by atoms with Gasteiger partial charge in [-0.15, -0.1) is 0 Å². The van der Waals surface area contributed by atoms with Crippen LogP contribution in [0.4, 0.5) is 5.82 Å². The van der Waals surface area contributed by atoms with Gasteiger partial charge < -0.3 is 14.0 Å². The van der Waals surface area contributed by atoms with Crippen LogP contribution in [0.1, 0.15) is 60.6 Å². The molecule has 1 fully saturated rings. The molecule has 1 aliphatic rings. The summed E-state index contributed by atoms with van der Waals surface area (Å²) >= 11 is 0. The third kappa shape index (κ3) is 5.26. The van der Waals surface area contributed by atoms with Gasteiger partial charge in [0.15, 0.2) is 20.4 Å². The van der Waals surface area contributed by atoms with E-state index < -0.39 is 26.2 Å². The van der Waals surface area contributed by atoms with Crippen molar-refractivity contribution in [2.45, 2.75) is 91.0 Å². The summed E-state index contributed by atoms with van der Waals surface area (Å²) < 4.78 is 14.4. The van der Waals surface area contributed by atoms with Crippen LogP contribution in [0.25, 0.3) is 0 Å². The number of carbonyl (C=O) groups excluding carboxylic acids is 1. The molecule has 1 saturated heterocycles. The molecular weight excluding hydrogens is 390 g/mol. The third-order valence-electron chi connectivity index (χ3n) is 6.00. The van der Waals surface area contributed by atoms with Crippen molar-refractivity contribution in [3.63, 3.8) is 0 Å². The minimum Gasteiger partial charge on any atom is -0.409 e. The molecule has 0 bridgehead atoms. The molecule has 1 aliphatic heterocycles. The molecule has 0 aromatic carbocycles. The first kappa shape index (κ1) is 23.6. The zero-order valence-corrected chi connectivity index (χ0v) is 19.8. The fourth-order valence-electron chi connectivity index (χ4n) is 3.07. The molecule has 1 unspecified atom stereocenters. The third-order valence-corrected chi connectivity index (χ3v) is 10.5. The van der Waals surface area contributed by atoms with Crippen LogP contribution in [0.2, 0.25) is 18.1 Å². The lowest BCUT2D eigenvalue weighted by Crippen LogP contribution is -2.47. The first-order valence-corrected chi connectivity index (χ1v) is 13.2. The first-order valence-electron chi connectivity index (χ1n) is 10.3. The SMILES string of the molecule is CCC(=O)ONc1ccn([C@@H]2O[C@H](CC)C(C)[C@@H]2O[Si](C)(C)C(C)(C)C)c(=O)n1. The topological polar surface area (TPSA) is 91.7 Å². The van der Waals surface area contributed by atoms with E-state index in [-0.39, 0.29) is 35.4 Å². The molecule has 8 nitrogen and oxygen atoms in total. The van der Waals surface area contributed by atoms with Gasteiger partial charge in [0.2, 0.25) is 0 Å². The standard InChI is InChI=1S/C20H35N3O5Si/c1-9-14-13(3)17(28-29(7,8)20(4,5)6)18(26-14)23-12-11-15(21-19(23)25)22-27-16(24)10-2/h11-14,17-18H,9-10H2,1-8H3,(H,21,22,25)/t13?,14-,17+,18-/m1/s1. The van der Waals surface area contributed by atoms with E-state index in [1.165, 1.54) is 4.57 Å². The van der Waals surface area contributed by atoms with Gasteiger partial charge in [0.25, 0.3) is 0 Å². The van der Waals surface area contributed by atoms with Crippen molar-refractivity contribution in [1.82, 2.24) is 9.55 Å². The summed E-state index contributed by atoms with van der Waals surface area (Å²) in [4.78, 5) is 32.8. The van der Waals surface area contributed by atoms with E-state index in [0.29, 0.717) is 0 Å². The fraction of sp³-hybridized carbons (Fsp3) is 0.750. The second-order valence-corrected chi connectivity index (χ2v) is 13.9. The maximum Gasteiger partial charge on any atom is 0.351 e. The van der Waals surface area contributed by atoms with Crippen molar-refractivity contribution in [2.75, 3.05) is 5.48 Å². The smallest absolute Gasteiger partial charge is 0.351 e. The minimum atomic E-state index is -2.07. The molecule has 1 N–H and O–H groups in total. The minimum absolute atomic E-state index is 0.00461. The van der Waals surface area contributed by atoms with E-state index in [4.69, 9.17) is 14.0 Å². The number of carbonyl (C=O) groups is 1. The van der Waals surface area contributed by atoms with E-state index in [1.54, 1.807) is 19.2 Å². The average Bonchev–Trinajstić information content (AvgIpc) is 2.94. The average molecular weight is 426 g/mol. The highest BCUT2D eigenvalue weighted by molar-refractivity contribution is 6.74. The monoisotopic (exact) mass is 425 g/mol. The number of hydrogen-bond donors (Lipinski definition) is 1. The molecule has 1 aromatic rings. The molecule has 0 aliphatic carbocycles. The predicted molar refractivity (Wildman–Crippen MR) is 114 cm³/mol. The van der Waals surface area contributed by atoms with E-state index in [0.717, 1.165) is 6.42 Å². The summed E-state index contributed by atoms with van der Waals surface area (Å²) in [7, 11) is -2.07. The highest BCUT2D eigenvalue weighted by atomic mass is 28.4. The Labute approximate surface area is 174 Å². The van der Waals surface area contributed by atoms with Crippen LogP contribution >= 0.6 is 0 Å². The van der Waals surface area contributed by atoms with Crippen LogP contribution < -0.4 is 11.2 Å². The van der Waals surface area contributed by atoms with E-state index in [9.17, 15) is 9.59 Å². The van der Waals surface area contributed by atoms with Gasteiger partial charge in [0.05, 0.1) is 12.2 Å². The highest BCUT2D eigenvalue weighted by Gasteiger charge is 2.48. The molecule has 29 heavy (non-hydrogen) atoms. The van der Waals surface area contributed by atoms with E-state index in [2.05, 4.69) is 58.2 Å². The normalized spacial score (nSPS) is 25.1. The van der Waals surface area contributed by atoms with Crippen molar-refractivity contribution in [3.05, 3.63) is 22.7 Å². The summed E-state index contributed by atoms with van der Waals surface area (Å²) in [5.41, 5.74) is 1.93. The van der Waals surface area contributed by atoms with Crippen LogP contribution in [0.5, 0.6) is 0 Å². The molecule has 1 aromatic heterocycles. The van der Waals surface area contributed by atoms with Crippen LogP contribution in [0, 0.1) is 5.92 Å². The molecule has 2 heterocycles. The van der Waals surface area contributed by atoms with E-state index >= 15 is 0 Å². The molecule has 0 radical (unpaired) electrons. The Hall–Kier alpha value is -1.71. The Balaban J connectivity index is 2.30. The van der Waals surface area contributed by atoms with Crippen LogP contribution in [0.15, 0.2) is 17.1 Å². The zero-order valence-electron chi connectivity index (χ0n) is 18.8. The summed E-state index contributed by atoms with van der Waals surface area (Å²) in [5.74, 6) is -0.111. The number of rotatable bonds is 7. The Morgan fingerprint density at radius 2 is 2.00 bits per heavy atom. The molecule has 0 amide bonds. The summed E-state index contributed by atoms with van der Waals surface area (Å²) in [6, 6.07) is 1.58. The highest BCUT2D eigenvalue weighted by Crippen LogP contribution is 2.43. The molecule has 4 atom stereocenters. The van der Waals surface area contributed by atoms with Gasteiger partial charge in [-0.25, -0.2) is 15.1 Å². The van der Waals surface area contributed by atoms with Gasteiger partial charge in [0.1, 0.15) is 0 Å². The van der Waals surface area contributed by atoms with Crippen LogP contribution in [-0.4, -0.2) is 36.0 Å². The van der Waals surface area contributed by atoms with Gasteiger partial charge >= 0.3 is 11.7 Å². The Bertz CT molecular complexity index is 774. The second kappa shape index (κ2) is 8.97. The zero-order chi connectivity index (χ0) is 22.0. The Morgan fingerprint density at radius 3 is 2.52 bits per heavy atom. The molecule has 9 heteroatoms. The Kier molecular flexibility index (Phi) is 7.29. The fourth-order valence-corrected chi connectivity index (χ4v) is 4.44. The van der Waals surface area contributed by atoms with Gasteiger partial charge in [-0.05, 0) is 24.6 Å². The number of nitrogens with zero attached hydrogens (tertiary/aromatic N) is 2. The summed E-state index contributed by atoms with van der Waals surface area (Å²) in [5, 5.41) is 0.0434. The van der Waals surface area contributed by atoms with Crippen molar-refractivity contribution in [2.24, 2.45) is 5.92 Å². The number of ether oxygens (including phenoxy) is 1. The molecule has 0 saturated carbocycles. The van der Waals surface area contributed by atoms with Crippen molar-refractivity contribution >= 4 is 20.1 Å². The molecule has 0 spiro atoms. The lowest BCUT2D eigenvalue weighted by molar-refractivity contribution is -0.140. The van der Waals surface area contributed by atoms with Gasteiger partial charge in [-0.3, -0.25) is 4.57 Å². The predicted octanol–water partition coefficient (Wildman–Crippen LogP) is 3.86. The Morgan fingerprint density at radius 1 is 1.34 bits per heavy atom. The quantitative estimate of drug-likeness (QED) is 0.524. The van der Waals surface area contributed by atoms with Gasteiger partial charge in [-0.1, -0.05) is 41.5 Å².